The summed E-state index contributed by atoms with van der Waals surface area (Å²) in [6.07, 6.45) is -0.689. The molecule has 0 radical (unpaired) electrons. The largest absolute Gasteiger partial charge is 0.443 e. The van der Waals surface area contributed by atoms with E-state index in [4.69, 9.17) is 4.74 Å². The van der Waals surface area contributed by atoms with Crippen LogP contribution in [0.1, 0.15) is 42.3 Å². The van der Waals surface area contributed by atoms with E-state index in [1.54, 1.807) is 26.8 Å². The number of amides is 2. The van der Waals surface area contributed by atoms with Crippen molar-refractivity contribution in [1.29, 1.82) is 0 Å². The van der Waals surface area contributed by atoms with Gasteiger partial charge in [-0.3, -0.25) is 10.2 Å². The molecular formula is C14H20N2O3. The number of carbonyl (C=O) groups excluding carboxylic acids is 2. The van der Waals surface area contributed by atoms with Gasteiger partial charge in [-0.2, -0.15) is 0 Å². The van der Waals surface area contributed by atoms with Crippen molar-refractivity contribution in [2.24, 2.45) is 0 Å². The minimum absolute atomic E-state index is 0.368. The zero-order valence-corrected chi connectivity index (χ0v) is 12.0. The third-order valence-corrected chi connectivity index (χ3v) is 2.31. The Morgan fingerprint density at radius 1 is 1.11 bits per heavy atom. The first-order valence-electron chi connectivity index (χ1n) is 6.05. The van der Waals surface area contributed by atoms with Crippen LogP contribution in [-0.4, -0.2) is 17.6 Å². The minimum Gasteiger partial charge on any atom is -0.443 e. The van der Waals surface area contributed by atoms with Crippen molar-refractivity contribution in [2.75, 3.05) is 0 Å². The summed E-state index contributed by atoms with van der Waals surface area (Å²) < 4.78 is 5.01. The molecule has 104 valence electrons. The number of hydrazine groups is 1. The van der Waals surface area contributed by atoms with Crippen LogP contribution in [-0.2, 0) is 4.74 Å². The fraction of sp³-hybridized carbons (Fsp3) is 0.429. The Bertz CT molecular complexity index is 490. The first-order chi connectivity index (χ1) is 8.69. The number of nitrogens with one attached hydrogen (secondary N) is 2. The number of hydrogen-bond acceptors (Lipinski definition) is 3. The summed E-state index contributed by atoms with van der Waals surface area (Å²) in [5.41, 5.74) is 6.29. The molecule has 5 nitrogen and oxygen atoms in total. The third kappa shape index (κ3) is 4.99. The van der Waals surface area contributed by atoms with Crippen LogP contribution in [0.2, 0.25) is 0 Å². The number of ether oxygens (including phenoxy) is 1. The molecule has 0 aliphatic rings. The van der Waals surface area contributed by atoms with Crippen molar-refractivity contribution in [3.8, 4) is 0 Å². The molecular weight excluding hydrogens is 244 g/mol. The smallest absolute Gasteiger partial charge is 0.426 e. The van der Waals surface area contributed by atoms with Gasteiger partial charge in [-0.05, 0) is 46.2 Å². The van der Waals surface area contributed by atoms with Gasteiger partial charge in [0.1, 0.15) is 5.60 Å². The molecule has 0 fully saturated rings. The average Bonchev–Trinajstić information content (AvgIpc) is 2.27. The van der Waals surface area contributed by atoms with Crippen LogP contribution in [0.15, 0.2) is 18.2 Å². The second-order valence-electron chi connectivity index (χ2n) is 5.40. The molecule has 2 amide bonds. The first kappa shape index (κ1) is 15.0. The maximum Gasteiger partial charge on any atom is 0.426 e. The molecule has 0 heterocycles. The van der Waals surface area contributed by atoms with Crippen LogP contribution >= 0.6 is 0 Å². The molecule has 0 bridgehead atoms. The predicted octanol–water partition coefficient (Wildman–Crippen LogP) is 2.47. The number of carbonyl (C=O) groups is 2. The molecule has 1 rings (SSSR count). The van der Waals surface area contributed by atoms with Crippen LogP contribution < -0.4 is 10.9 Å². The third-order valence-electron chi connectivity index (χ3n) is 2.31. The van der Waals surface area contributed by atoms with Gasteiger partial charge in [0, 0.05) is 5.56 Å². The number of benzene rings is 1. The van der Waals surface area contributed by atoms with Crippen LogP contribution in [0.25, 0.3) is 0 Å². The Morgan fingerprint density at radius 3 is 2.32 bits per heavy atom. The Labute approximate surface area is 113 Å². The summed E-state index contributed by atoms with van der Waals surface area (Å²) >= 11 is 0. The fourth-order valence-electron chi connectivity index (χ4n) is 1.46. The van der Waals surface area contributed by atoms with Gasteiger partial charge in [-0.15, -0.1) is 0 Å². The first-order valence-corrected chi connectivity index (χ1v) is 6.05. The van der Waals surface area contributed by atoms with Crippen molar-refractivity contribution in [3.05, 3.63) is 34.9 Å². The van der Waals surface area contributed by atoms with Crippen molar-refractivity contribution in [3.63, 3.8) is 0 Å². The Balaban J connectivity index is 2.61. The zero-order valence-electron chi connectivity index (χ0n) is 12.0. The zero-order chi connectivity index (χ0) is 14.6. The van der Waals surface area contributed by atoms with E-state index in [1.807, 2.05) is 26.0 Å². The Hall–Kier alpha value is -2.04. The summed E-state index contributed by atoms with van der Waals surface area (Å²) in [6.45, 7) is 8.98. The quantitative estimate of drug-likeness (QED) is 0.766. The molecule has 0 atom stereocenters. The number of aryl methyl sites for hydroxylation is 2. The molecule has 0 aliphatic carbocycles. The molecule has 1 aromatic rings. The molecule has 1 aromatic carbocycles. The van der Waals surface area contributed by atoms with Crippen LogP contribution in [0.4, 0.5) is 4.79 Å². The maximum atomic E-state index is 11.9. The SMILES string of the molecule is Cc1ccc(C)c(C(=O)NNC(=O)OC(C)(C)C)c1. The highest BCUT2D eigenvalue weighted by atomic mass is 16.6. The lowest BCUT2D eigenvalue weighted by atomic mass is 10.1. The van der Waals surface area contributed by atoms with Gasteiger partial charge in [-0.25, -0.2) is 10.2 Å². The van der Waals surface area contributed by atoms with Gasteiger partial charge in [0.2, 0.25) is 0 Å². The van der Waals surface area contributed by atoms with Gasteiger partial charge < -0.3 is 4.74 Å². The van der Waals surface area contributed by atoms with E-state index >= 15 is 0 Å². The standard InChI is InChI=1S/C14H20N2O3/c1-9-6-7-10(2)11(8-9)12(17)15-16-13(18)19-14(3,4)5/h6-8H,1-5H3,(H,15,17)(H,16,18). The van der Waals surface area contributed by atoms with Gasteiger partial charge in [0.25, 0.3) is 5.91 Å². The summed E-state index contributed by atoms with van der Waals surface area (Å²) in [5.74, 6) is -0.368. The summed E-state index contributed by atoms with van der Waals surface area (Å²) in [7, 11) is 0. The van der Waals surface area contributed by atoms with E-state index in [0.29, 0.717) is 5.56 Å². The molecule has 0 saturated heterocycles. The van der Waals surface area contributed by atoms with E-state index in [0.717, 1.165) is 11.1 Å². The van der Waals surface area contributed by atoms with Crippen molar-refractivity contribution in [1.82, 2.24) is 10.9 Å². The van der Waals surface area contributed by atoms with Gasteiger partial charge >= 0.3 is 6.09 Å². The van der Waals surface area contributed by atoms with Gasteiger partial charge in [0.05, 0.1) is 0 Å². The van der Waals surface area contributed by atoms with Gasteiger partial charge in [0.15, 0.2) is 0 Å². The summed E-state index contributed by atoms with van der Waals surface area (Å²) in [4.78, 5) is 23.3. The number of hydrogen-bond donors (Lipinski definition) is 2. The van der Waals surface area contributed by atoms with E-state index in [1.165, 1.54) is 0 Å². The van der Waals surface area contributed by atoms with Crippen molar-refractivity contribution >= 4 is 12.0 Å². The lowest BCUT2D eigenvalue weighted by Crippen LogP contribution is -2.44. The molecule has 2 N–H and O–H groups in total. The van der Waals surface area contributed by atoms with Crippen LogP contribution in [0, 0.1) is 13.8 Å². The van der Waals surface area contributed by atoms with Crippen LogP contribution in [0.3, 0.4) is 0 Å². The second kappa shape index (κ2) is 5.73. The highest BCUT2D eigenvalue weighted by Crippen LogP contribution is 2.10. The molecule has 0 saturated carbocycles. The van der Waals surface area contributed by atoms with E-state index in [-0.39, 0.29) is 5.91 Å². The minimum atomic E-state index is -0.689. The summed E-state index contributed by atoms with van der Waals surface area (Å²) in [5, 5.41) is 0. The Kier molecular flexibility index (Phi) is 4.53. The fourth-order valence-corrected chi connectivity index (χ4v) is 1.46. The normalized spacial score (nSPS) is 10.8. The van der Waals surface area contributed by atoms with E-state index in [9.17, 15) is 9.59 Å². The molecule has 0 unspecified atom stereocenters. The van der Waals surface area contributed by atoms with E-state index in [2.05, 4.69) is 10.9 Å². The second-order valence-corrected chi connectivity index (χ2v) is 5.40. The molecule has 5 heteroatoms. The van der Waals surface area contributed by atoms with Gasteiger partial charge in [-0.1, -0.05) is 17.7 Å². The molecule has 0 spiro atoms. The monoisotopic (exact) mass is 264 g/mol. The van der Waals surface area contributed by atoms with Crippen molar-refractivity contribution in [2.45, 2.75) is 40.2 Å². The highest BCUT2D eigenvalue weighted by Gasteiger charge is 2.17. The lowest BCUT2D eigenvalue weighted by molar-refractivity contribution is 0.0483. The highest BCUT2D eigenvalue weighted by molar-refractivity contribution is 5.96. The molecule has 0 aliphatic heterocycles. The Morgan fingerprint density at radius 2 is 1.74 bits per heavy atom. The molecule has 19 heavy (non-hydrogen) atoms. The molecule has 0 aromatic heterocycles. The van der Waals surface area contributed by atoms with Crippen molar-refractivity contribution < 1.29 is 14.3 Å². The maximum absolute atomic E-state index is 11.9. The number of rotatable bonds is 1. The van der Waals surface area contributed by atoms with Crippen LogP contribution in [0.5, 0.6) is 0 Å². The van der Waals surface area contributed by atoms with E-state index < -0.39 is 11.7 Å². The topological polar surface area (TPSA) is 67.4 Å². The predicted molar refractivity (Wildman–Crippen MR) is 72.8 cm³/mol. The average molecular weight is 264 g/mol. The lowest BCUT2D eigenvalue weighted by Gasteiger charge is -2.19. The summed E-state index contributed by atoms with van der Waals surface area (Å²) in [6, 6.07) is 5.55.